The summed E-state index contributed by atoms with van der Waals surface area (Å²) in [6, 6.07) is 9.98. The molecule has 0 aliphatic heterocycles. The Kier molecular flexibility index (Phi) is 2.26. The second-order valence-corrected chi connectivity index (χ2v) is 4.03. The molecule has 1 saturated carbocycles. The van der Waals surface area contributed by atoms with Gasteiger partial charge in [-0.25, -0.2) is 0 Å². The van der Waals surface area contributed by atoms with Gasteiger partial charge in [0, 0.05) is 12.0 Å². The zero-order valence-corrected chi connectivity index (χ0v) is 8.16. The van der Waals surface area contributed by atoms with Gasteiger partial charge in [-0.1, -0.05) is 18.6 Å². The van der Waals surface area contributed by atoms with Crippen LogP contribution in [0.3, 0.4) is 0 Å². The minimum atomic E-state index is 0.216. The van der Waals surface area contributed by atoms with Gasteiger partial charge in [0.05, 0.1) is 11.6 Å². The quantitative estimate of drug-likeness (QED) is 0.767. The number of nitrogens with zero attached hydrogens (tertiary/aromatic N) is 1. The van der Waals surface area contributed by atoms with Gasteiger partial charge in [0.2, 0.25) is 0 Å². The maximum absolute atomic E-state index is 8.68. The molecule has 0 aromatic heterocycles. The molecule has 0 unspecified atom stereocenters. The van der Waals surface area contributed by atoms with Gasteiger partial charge >= 0.3 is 0 Å². The maximum Gasteiger partial charge on any atom is 0.0991 e. The van der Waals surface area contributed by atoms with E-state index in [9.17, 15) is 0 Å². The third-order valence-electron chi connectivity index (χ3n) is 3.33. The first-order valence-corrected chi connectivity index (χ1v) is 5.01. The number of rotatable bonds is 2. The monoisotopic (exact) mass is 186 g/mol. The first-order valence-electron chi connectivity index (χ1n) is 5.01. The molecule has 14 heavy (non-hydrogen) atoms. The lowest BCUT2D eigenvalue weighted by Gasteiger charge is -2.41. The Hall–Kier alpha value is -1.33. The van der Waals surface area contributed by atoms with Gasteiger partial charge in [-0.2, -0.15) is 5.26 Å². The van der Waals surface area contributed by atoms with Crippen LogP contribution in [0.1, 0.15) is 30.4 Å². The van der Waals surface area contributed by atoms with E-state index in [4.69, 9.17) is 11.0 Å². The number of nitrogens with two attached hydrogens (primary N) is 1. The van der Waals surface area contributed by atoms with E-state index in [1.165, 1.54) is 24.8 Å². The lowest BCUT2D eigenvalue weighted by atomic mass is 9.64. The zero-order valence-electron chi connectivity index (χ0n) is 8.16. The average Bonchev–Trinajstić information content (AvgIpc) is 2.18. The van der Waals surface area contributed by atoms with Gasteiger partial charge in [0.1, 0.15) is 0 Å². The van der Waals surface area contributed by atoms with Gasteiger partial charge in [0.25, 0.3) is 0 Å². The molecule has 1 aliphatic carbocycles. The molecule has 0 spiro atoms. The van der Waals surface area contributed by atoms with E-state index in [-0.39, 0.29) is 5.41 Å². The smallest absolute Gasteiger partial charge is 0.0991 e. The van der Waals surface area contributed by atoms with Gasteiger partial charge in [0.15, 0.2) is 0 Å². The molecule has 2 rings (SSSR count). The Morgan fingerprint density at radius 1 is 1.29 bits per heavy atom. The molecule has 2 heteroatoms. The van der Waals surface area contributed by atoms with Crippen molar-refractivity contribution in [3.05, 3.63) is 35.4 Å². The van der Waals surface area contributed by atoms with Crippen LogP contribution in [0.2, 0.25) is 0 Å². The normalized spacial score (nSPS) is 18.3. The summed E-state index contributed by atoms with van der Waals surface area (Å²) in [4.78, 5) is 0. The van der Waals surface area contributed by atoms with Crippen molar-refractivity contribution in [1.29, 1.82) is 5.26 Å². The van der Waals surface area contributed by atoms with Crippen molar-refractivity contribution in [3.8, 4) is 6.07 Å². The van der Waals surface area contributed by atoms with E-state index in [0.717, 1.165) is 12.1 Å². The van der Waals surface area contributed by atoms with Crippen LogP contribution in [0.25, 0.3) is 0 Å². The molecule has 0 atom stereocenters. The predicted octanol–water partition coefficient (Wildman–Crippen LogP) is 1.94. The van der Waals surface area contributed by atoms with Crippen LogP contribution in [0.4, 0.5) is 0 Å². The van der Waals surface area contributed by atoms with E-state index >= 15 is 0 Å². The first-order chi connectivity index (χ1) is 6.80. The van der Waals surface area contributed by atoms with Gasteiger partial charge < -0.3 is 5.73 Å². The topological polar surface area (TPSA) is 49.8 Å². The summed E-state index contributed by atoms with van der Waals surface area (Å²) < 4.78 is 0. The summed E-state index contributed by atoms with van der Waals surface area (Å²) in [6.45, 7) is 0.721. The molecule has 72 valence electrons. The molecule has 0 amide bonds. The van der Waals surface area contributed by atoms with Crippen LogP contribution in [0.15, 0.2) is 24.3 Å². The molecule has 1 aliphatic rings. The molecular formula is C12H14N2. The van der Waals surface area contributed by atoms with Crippen molar-refractivity contribution in [2.24, 2.45) is 5.73 Å². The van der Waals surface area contributed by atoms with Crippen LogP contribution in [0.5, 0.6) is 0 Å². The van der Waals surface area contributed by atoms with Gasteiger partial charge in [-0.3, -0.25) is 0 Å². The highest BCUT2D eigenvalue weighted by atomic mass is 14.6. The molecule has 0 saturated heterocycles. The van der Waals surface area contributed by atoms with Crippen LogP contribution >= 0.6 is 0 Å². The summed E-state index contributed by atoms with van der Waals surface area (Å²) >= 11 is 0. The van der Waals surface area contributed by atoms with E-state index in [0.29, 0.717) is 0 Å². The molecule has 1 aromatic carbocycles. The van der Waals surface area contributed by atoms with Crippen molar-refractivity contribution >= 4 is 0 Å². The molecular weight excluding hydrogens is 172 g/mol. The predicted molar refractivity (Wildman–Crippen MR) is 55.7 cm³/mol. The van der Waals surface area contributed by atoms with Crippen LogP contribution in [-0.2, 0) is 5.41 Å². The summed E-state index contributed by atoms with van der Waals surface area (Å²) in [7, 11) is 0. The van der Waals surface area contributed by atoms with E-state index < -0.39 is 0 Å². The third kappa shape index (κ3) is 1.30. The Morgan fingerprint density at radius 2 is 1.93 bits per heavy atom. The van der Waals surface area contributed by atoms with Crippen molar-refractivity contribution < 1.29 is 0 Å². The van der Waals surface area contributed by atoms with Crippen molar-refractivity contribution in [1.82, 2.24) is 0 Å². The molecule has 1 fully saturated rings. The maximum atomic E-state index is 8.68. The van der Waals surface area contributed by atoms with Gasteiger partial charge in [-0.05, 0) is 30.5 Å². The lowest BCUT2D eigenvalue weighted by molar-refractivity contribution is 0.253. The fourth-order valence-electron chi connectivity index (χ4n) is 2.11. The van der Waals surface area contributed by atoms with Crippen molar-refractivity contribution in [2.45, 2.75) is 24.7 Å². The third-order valence-corrected chi connectivity index (χ3v) is 3.33. The first kappa shape index (κ1) is 9.23. The highest BCUT2D eigenvalue weighted by molar-refractivity contribution is 5.36. The minimum Gasteiger partial charge on any atom is -0.330 e. The number of nitriles is 1. The summed E-state index contributed by atoms with van der Waals surface area (Å²) in [5, 5.41) is 8.68. The largest absolute Gasteiger partial charge is 0.330 e. The molecule has 2 N–H and O–H groups in total. The second kappa shape index (κ2) is 3.43. The SMILES string of the molecule is N#Cc1ccc(C2(CN)CCC2)cc1. The summed E-state index contributed by atoms with van der Waals surface area (Å²) in [5.41, 5.74) is 8.04. The average molecular weight is 186 g/mol. The zero-order chi connectivity index (χ0) is 10.0. The Labute approximate surface area is 84.3 Å². The second-order valence-electron chi connectivity index (χ2n) is 4.03. The molecule has 0 heterocycles. The van der Waals surface area contributed by atoms with E-state index in [2.05, 4.69) is 6.07 Å². The lowest BCUT2D eigenvalue weighted by Crippen LogP contribution is -2.41. The highest BCUT2D eigenvalue weighted by Crippen LogP contribution is 2.42. The Morgan fingerprint density at radius 3 is 2.29 bits per heavy atom. The Bertz CT molecular complexity index is 349. The molecule has 2 nitrogen and oxygen atoms in total. The molecule has 1 aromatic rings. The highest BCUT2D eigenvalue weighted by Gasteiger charge is 2.36. The standard InChI is InChI=1S/C12H14N2/c13-8-10-2-4-11(5-3-10)12(9-14)6-1-7-12/h2-5H,1,6-7,9,14H2. The summed E-state index contributed by atoms with van der Waals surface area (Å²) in [5.74, 6) is 0. The fourth-order valence-corrected chi connectivity index (χ4v) is 2.11. The van der Waals surface area contributed by atoms with E-state index in [1.807, 2.05) is 24.3 Å². The fraction of sp³-hybridized carbons (Fsp3) is 0.417. The number of hydrogen-bond acceptors (Lipinski definition) is 2. The number of benzene rings is 1. The van der Waals surface area contributed by atoms with Crippen LogP contribution in [0, 0.1) is 11.3 Å². The molecule has 0 radical (unpaired) electrons. The van der Waals surface area contributed by atoms with Crippen molar-refractivity contribution in [2.75, 3.05) is 6.54 Å². The van der Waals surface area contributed by atoms with Gasteiger partial charge in [-0.15, -0.1) is 0 Å². The molecule has 0 bridgehead atoms. The van der Waals surface area contributed by atoms with Crippen LogP contribution in [-0.4, -0.2) is 6.54 Å². The minimum absolute atomic E-state index is 0.216. The van der Waals surface area contributed by atoms with Crippen molar-refractivity contribution in [3.63, 3.8) is 0 Å². The Balaban J connectivity index is 2.29. The summed E-state index contributed by atoms with van der Waals surface area (Å²) in [6.07, 6.45) is 3.65. The van der Waals surface area contributed by atoms with Crippen LogP contribution < -0.4 is 5.73 Å². The number of hydrogen-bond donors (Lipinski definition) is 1. The van der Waals surface area contributed by atoms with E-state index in [1.54, 1.807) is 0 Å².